The summed E-state index contributed by atoms with van der Waals surface area (Å²) in [4.78, 5) is 25.9. The second-order valence-corrected chi connectivity index (χ2v) is 9.01. The largest absolute Gasteiger partial charge is 0.416 e. The highest BCUT2D eigenvalue weighted by molar-refractivity contribution is 7.92. The predicted octanol–water partition coefficient (Wildman–Crippen LogP) is 3.68. The molecule has 0 unspecified atom stereocenters. The molecule has 0 bridgehead atoms. The van der Waals surface area contributed by atoms with E-state index in [1.54, 1.807) is 13.8 Å². The van der Waals surface area contributed by atoms with Crippen LogP contribution in [-0.2, 0) is 21.0 Å². The van der Waals surface area contributed by atoms with E-state index in [0.717, 1.165) is 28.6 Å². The van der Waals surface area contributed by atoms with E-state index < -0.39 is 27.7 Å². The van der Waals surface area contributed by atoms with E-state index in [9.17, 15) is 31.2 Å². The number of hydrogen-bond acceptors (Lipinski definition) is 4. The Hall–Kier alpha value is -3.34. The minimum atomic E-state index is -4.65. The number of likely N-dealkylation sites (N-methyl/N-ethyl adjacent to an activating group) is 1. The molecule has 0 saturated heterocycles. The summed E-state index contributed by atoms with van der Waals surface area (Å²) in [5, 5.41) is 2.46. The van der Waals surface area contributed by atoms with Gasteiger partial charge in [-0.05, 0) is 50.2 Å². The highest BCUT2D eigenvalue weighted by Crippen LogP contribution is 2.33. The summed E-state index contributed by atoms with van der Waals surface area (Å²) >= 11 is 0. The first-order valence-electron chi connectivity index (χ1n) is 10.4. The van der Waals surface area contributed by atoms with Crippen LogP contribution < -0.4 is 9.62 Å². The van der Waals surface area contributed by atoms with Gasteiger partial charge in [0.15, 0.2) is 0 Å². The van der Waals surface area contributed by atoms with E-state index in [1.165, 1.54) is 35.2 Å². The quantitative estimate of drug-likeness (QED) is 0.508. The first-order chi connectivity index (χ1) is 15.9. The van der Waals surface area contributed by atoms with E-state index in [4.69, 9.17) is 0 Å². The summed E-state index contributed by atoms with van der Waals surface area (Å²) in [7, 11) is -4.35. The van der Waals surface area contributed by atoms with E-state index in [-0.39, 0.29) is 35.1 Å². The lowest BCUT2D eigenvalue weighted by Crippen LogP contribution is -2.40. The maximum Gasteiger partial charge on any atom is 0.416 e. The zero-order valence-electron chi connectivity index (χ0n) is 18.8. The van der Waals surface area contributed by atoms with Crippen molar-refractivity contribution in [3.63, 3.8) is 0 Å². The normalized spacial score (nSPS) is 11.6. The predicted molar refractivity (Wildman–Crippen MR) is 123 cm³/mol. The van der Waals surface area contributed by atoms with Crippen molar-refractivity contribution in [3.8, 4) is 0 Å². The molecule has 2 amide bonds. The van der Waals surface area contributed by atoms with Crippen molar-refractivity contribution < 1.29 is 31.2 Å². The van der Waals surface area contributed by atoms with Crippen LogP contribution in [0, 0.1) is 0 Å². The number of hydrogen-bond donors (Lipinski definition) is 1. The standard InChI is InChI=1S/C23H26F3N3O4S/c1-4-13-29(19-11-8-10-18(15-19)23(24,25)26)34(32,33)20-12-7-9-17(14-20)22(31)27-16-21(30)28(5-2)6-3/h4,7-12,14-15H,1,5-6,13,16H2,2-3H3,(H,27,31). The minimum Gasteiger partial charge on any atom is -0.343 e. The van der Waals surface area contributed by atoms with E-state index in [2.05, 4.69) is 11.9 Å². The van der Waals surface area contributed by atoms with Crippen molar-refractivity contribution in [1.82, 2.24) is 10.2 Å². The molecule has 7 nitrogen and oxygen atoms in total. The Labute approximate surface area is 196 Å². The zero-order chi connectivity index (χ0) is 25.5. The molecule has 2 rings (SSSR count). The van der Waals surface area contributed by atoms with Crippen molar-refractivity contribution in [1.29, 1.82) is 0 Å². The van der Waals surface area contributed by atoms with Crippen LogP contribution >= 0.6 is 0 Å². The number of benzene rings is 2. The molecule has 2 aromatic carbocycles. The summed E-state index contributed by atoms with van der Waals surface area (Å²) in [5.74, 6) is -0.948. The van der Waals surface area contributed by atoms with Gasteiger partial charge in [-0.3, -0.25) is 13.9 Å². The Balaban J connectivity index is 2.35. The molecular weight excluding hydrogens is 471 g/mol. The molecule has 1 N–H and O–H groups in total. The topological polar surface area (TPSA) is 86.8 Å². The second kappa shape index (κ2) is 11.2. The van der Waals surface area contributed by atoms with Crippen LogP contribution in [-0.4, -0.2) is 51.3 Å². The Morgan fingerprint density at radius 1 is 1.06 bits per heavy atom. The van der Waals surface area contributed by atoms with Gasteiger partial charge < -0.3 is 10.2 Å². The first-order valence-corrected chi connectivity index (χ1v) is 11.9. The summed E-state index contributed by atoms with van der Waals surface area (Å²) in [6.45, 7) is 7.50. The number of carbonyl (C=O) groups is 2. The highest BCUT2D eigenvalue weighted by atomic mass is 32.2. The summed E-state index contributed by atoms with van der Waals surface area (Å²) < 4.78 is 66.8. The van der Waals surface area contributed by atoms with Gasteiger partial charge in [0.1, 0.15) is 0 Å². The van der Waals surface area contributed by atoms with Crippen molar-refractivity contribution >= 4 is 27.5 Å². The average Bonchev–Trinajstić information content (AvgIpc) is 2.81. The first kappa shape index (κ1) is 26.9. The number of halogens is 3. The van der Waals surface area contributed by atoms with Gasteiger partial charge in [0.2, 0.25) is 5.91 Å². The fourth-order valence-corrected chi connectivity index (χ4v) is 4.64. The molecule has 0 radical (unpaired) electrons. The molecular formula is C23H26F3N3O4S. The Bertz CT molecular complexity index is 1150. The third-order valence-electron chi connectivity index (χ3n) is 4.96. The minimum absolute atomic E-state index is 0.0176. The fourth-order valence-electron chi connectivity index (χ4n) is 3.17. The molecule has 2 aromatic rings. The lowest BCUT2D eigenvalue weighted by Gasteiger charge is -2.24. The third-order valence-corrected chi connectivity index (χ3v) is 6.75. The van der Waals surface area contributed by atoms with Crippen LogP contribution in [0.25, 0.3) is 0 Å². The van der Waals surface area contributed by atoms with Crippen molar-refractivity contribution in [2.75, 3.05) is 30.5 Å². The van der Waals surface area contributed by atoms with Gasteiger partial charge in [0.25, 0.3) is 15.9 Å². The molecule has 34 heavy (non-hydrogen) atoms. The number of alkyl halides is 3. The Kier molecular flexibility index (Phi) is 8.86. The van der Waals surface area contributed by atoms with Gasteiger partial charge in [-0.1, -0.05) is 18.2 Å². The number of sulfonamides is 1. The molecule has 0 aromatic heterocycles. The summed E-state index contributed by atoms with van der Waals surface area (Å²) in [6.07, 6.45) is -3.41. The van der Waals surface area contributed by atoms with Crippen molar-refractivity contribution in [2.45, 2.75) is 24.9 Å². The van der Waals surface area contributed by atoms with Crippen LogP contribution in [0.3, 0.4) is 0 Å². The van der Waals surface area contributed by atoms with Crippen LogP contribution in [0.2, 0.25) is 0 Å². The molecule has 0 atom stereocenters. The van der Waals surface area contributed by atoms with Crippen LogP contribution in [0.1, 0.15) is 29.8 Å². The number of amides is 2. The smallest absolute Gasteiger partial charge is 0.343 e. The summed E-state index contributed by atoms with van der Waals surface area (Å²) in [6, 6.07) is 8.98. The van der Waals surface area contributed by atoms with Crippen LogP contribution in [0.4, 0.5) is 18.9 Å². The lowest BCUT2D eigenvalue weighted by molar-refractivity contribution is -0.137. The molecule has 0 fully saturated rings. The van der Waals surface area contributed by atoms with E-state index in [0.29, 0.717) is 13.1 Å². The highest BCUT2D eigenvalue weighted by Gasteiger charge is 2.32. The van der Waals surface area contributed by atoms with Crippen molar-refractivity contribution in [3.05, 3.63) is 72.3 Å². The molecule has 0 aliphatic rings. The SMILES string of the molecule is C=CCN(c1cccc(C(F)(F)F)c1)S(=O)(=O)c1cccc(C(=O)NCC(=O)N(CC)CC)c1. The van der Waals surface area contributed by atoms with Gasteiger partial charge in [0.05, 0.1) is 29.2 Å². The molecule has 0 spiro atoms. The maximum absolute atomic E-state index is 13.3. The molecule has 184 valence electrons. The molecule has 0 saturated carbocycles. The number of nitrogens with zero attached hydrogens (tertiary/aromatic N) is 2. The maximum atomic E-state index is 13.3. The number of anilines is 1. The van der Waals surface area contributed by atoms with Gasteiger partial charge in [-0.25, -0.2) is 8.42 Å². The van der Waals surface area contributed by atoms with E-state index >= 15 is 0 Å². The third kappa shape index (κ3) is 6.37. The zero-order valence-corrected chi connectivity index (χ0v) is 19.6. The monoisotopic (exact) mass is 497 g/mol. The molecule has 0 aliphatic heterocycles. The fraction of sp³-hybridized carbons (Fsp3) is 0.304. The van der Waals surface area contributed by atoms with Gasteiger partial charge in [-0.2, -0.15) is 13.2 Å². The number of rotatable bonds is 10. The lowest BCUT2D eigenvalue weighted by atomic mass is 10.2. The van der Waals surface area contributed by atoms with Crippen LogP contribution in [0.5, 0.6) is 0 Å². The average molecular weight is 498 g/mol. The van der Waals surface area contributed by atoms with Gasteiger partial charge in [0, 0.05) is 18.7 Å². The number of carbonyl (C=O) groups excluding carboxylic acids is 2. The van der Waals surface area contributed by atoms with Gasteiger partial charge >= 0.3 is 6.18 Å². The van der Waals surface area contributed by atoms with Gasteiger partial charge in [-0.15, -0.1) is 6.58 Å². The molecule has 0 aliphatic carbocycles. The Morgan fingerprint density at radius 2 is 1.71 bits per heavy atom. The summed E-state index contributed by atoms with van der Waals surface area (Å²) in [5.41, 5.74) is -1.22. The Morgan fingerprint density at radius 3 is 2.29 bits per heavy atom. The van der Waals surface area contributed by atoms with Crippen molar-refractivity contribution in [2.24, 2.45) is 0 Å². The number of nitrogens with one attached hydrogen (secondary N) is 1. The second-order valence-electron chi connectivity index (χ2n) is 7.15. The molecule has 11 heteroatoms. The van der Waals surface area contributed by atoms with Crippen LogP contribution in [0.15, 0.2) is 66.1 Å². The van der Waals surface area contributed by atoms with E-state index in [1.807, 2.05) is 0 Å². The molecule has 0 heterocycles.